The summed E-state index contributed by atoms with van der Waals surface area (Å²) in [6.45, 7) is 1.80. The zero-order valence-corrected chi connectivity index (χ0v) is 8.15. The van der Waals surface area contributed by atoms with Crippen LogP contribution < -0.4 is 10.1 Å². The molecular formula is C10H15N3O. The Bertz CT molecular complexity index is 259. The molecule has 76 valence electrons. The lowest BCUT2D eigenvalue weighted by Crippen LogP contribution is -2.38. The van der Waals surface area contributed by atoms with Gasteiger partial charge in [0.05, 0.1) is 6.20 Å². The lowest BCUT2D eigenvalue weighted by molar-refractivity contribution is 0.231. The van der Waals surface area contributed by atoms with Crippen LogP contribution in [0, 0.1) is 0 Å². The first-order valence-electron chi connectivity index (χ1n) is 5.07. The monoisotopic (exact) mass is 193 g/mol. The van der Waals surface area contributed by atoms with E-state index in [9.17, 15) is 0 Å². The Labute approximate surface area is 83.7 Å². The normalized spacial score (nSPS) is 21.9. The molecule has 1 N–H and O–H groups in total. The van der Waals surface area contributed by atoms with Crippen LogP contribution in [-0.4, -0.2) is 29.2 Å². The third-order valence-corrected chi connectivity index (χ3v) is 2.38. The van der Waals surface area contributed by atoms with Gasteiger partial charge in [0.2, 0.25) is 5.88 Å². The van der Waals surface area contributed by atoms with E-state index in [0.717, 1.165) is 6.54 Å². The van der Waals surface area contributed by atoms with Crippen LogP contribution in [0.2, 0.25) is 0 Å². The quantitative estimate of drug-likeness (QED) is 0.778. The highest BCUT2D eigenvalue weighted by molar-refractivity contribution is 5.01. The molecule has 0 aliphatic carbocycles. The molecule has 2 rings (SSSR count). The minimum Gasteiger partial charge on any atom is -0.475 e. The smallest absolute Gasteiger partial charge is 0.232 e. The van der Waals surface area contributed by atoms with Gasteiger partial charge < -0.3 is 10.1 Å². The summed E-state index contributed by atoms with van der Waals surface area (Å²) in [7, 11) is 0. The van der Waals surface area contributed by atoms with E-state index in [1.807, 2.05) is 0 Å². The molecule has 0 aromatic carbocycles. The first-order valence-corrected chi connectivity index (χ1v) is 5.07. The van der Waals surface area contributed by atoms with Gasteiger partial charge in [-0.1, -0.05) is 6.42 Å². The van der Waals surface area contributed by atoms with Crippen LogP contribution in [-0.2, 0) is 0 Å². The summed E-state index contributed by atoms with van der Waals surface area (Å²) in [5, 5.41) is 3.42. The summed E-state index contributed by atoms with van der Waals surface area (Å²) >= 11 is 0. The Hall–Kier alpha value is -1.16. The van der Waals surface area contributed by atoms with Crippen molar-refractivity contribution >= 4 is 0 Å². The van der Waals surface area contributed by atoms with E-state index in [0.29, 0.717) is 18.5 Å². The molecule has 1 aliphatic heterocycles. The predicted octanol–water partition coefficient (Wildman–Crippen LogP) is 0.997. The van der Waals surface area contributed by atoms with Gasteiger partial charge in [-0.25, -0.2) is 4.98 Å². The molecule has 1 atom stereocenters. The molecule has 0 radical (unpaired) electrons. The number of rotatable bonds is 3. The Morgan fingerprint density at radius 2 is 2.43 bits per heavy atom. The van der Waals surface area contributed by atoms with Crippen LogP contribution >= 0.6 is 0 Å². The second-order valence-corrected chi connectivity index (χ2v) is 3.50. The van der Waals surface area contributed by atoms with Crippen LogP contribution in [0.5, 0.6) is 5.88 Å². The van der Waals surface area contributed by atoms with Crippen molar-refractivity contribution in [2.75, 3.05) is 13.2 Å². The molecular weight excluding hydrogens is 178 g/mol. The fraction of sp³-hybridized carbons (Fsp3) is 0.600. The summed E-state index contributed by atoms with van der Waals surface area (Å²) < 4.78 is 5.51. The molecule has 14 heavy (non-hydrogen) atoms. The van der Waals surface area contributed by atoms with Crippen molar-refractivity contribution in [3.05, 3.63) is 18.6 Å². The van der Waals surface area contributed by atoms with Gasteiger partial charge in [0, 0.05) is 18.4 Å². The van der Waals surface area contributed by atoms with Crippen molar-refractivity contribution in [2.24, 2.45) is 0 Å². The molecule has 4 nitrogen and oxygen atoms in total. The lowest BCUT2D eigenvalue weighted by Gasteiger charge is -2.22. The standard InChI is InChI=1S/C10H15N3O/c1-2-4-12-9(3-1)8-14-10-7-11-5-6-13-10/h5-7,9,12H,1-4,8H2/t9-/m1/s1. The van der Waals surface area contributed by atoms with Gasteiger partial charge in [-0.15, -0.1) is 0 Å². The van der Waals surface area contributed by atoms with E-state index in [2.05, 4.69) is 15.3 Å². The Morgan fingerprint density at radius 3 is 3.14 bits per heavy atom. The van der Waals surface area contributed by atoms with Crippen molar-refractivity contribution < 1.29 is 4.74 Å². The van der Waals surface area contributed by atoms with E-state index in [-0.39, 0.29) is 0 Å². The van der Waals surface area contributed by atoms with E-state index in [1.165, 1.54) is 19.3 Å². The largest absolute Gasteiger partial charge is 0.475 e. The van der Waals surface area contributed by atoms with Crippen LogP contribution in [0.15, 0.2) is 18.6 Å². The van der Waals surface area contributed by atoms with Gasteiger partial charge in [0.1, 0.15) is 6.61 Å². The van der Waals surface area contributed by atoms with E-state index >= 15 is 0 Å². The van der Waals surface area contributed by atoms with Crippen LogP contribution in [0.1, 0.15) is 19.3 Å². The first-order chi connectivity index (χ1) is 6.95. The average Bonchev–Trinajstić information content (AvgIpc) is 2.29. The highest BCUT2D eigenvalue weighted by Gasteiger charge is 2.12. The van der Waals surface area contributed by atoms with Gasteiger partial charge in [-0.3, -0.25) is 4.98 Å². The lowest BCUT2D eigenvalue weighted by atomic mass is 10.1. The van der Waals surface area contributed by atoms with E-state index in [1.54, 1.807) is 18.6 Å². The maximum Gasteiger partial charge on any atom is 0.232 e. The van der Waals surface area contributed by atoms with E-state index in [4.69, 9.17) is 4.74 Å². The fourth-order valence-corrected chi connectivity index (χ4v) is 1.61. The number of aromatic nitrogens is 2. The number of ether oxygens (including phenoxy) is 1. The summed E-state index contributed by atoms with van der Waals surface area (Å²) in [4.78, 5) is 7.99. The van der Waals surface area contributed by atoms with Crippen LogP contribution in [0.3, 0.4) is 0 Å². The fourth-order valence-electron chi connectivity index (χ4n) is 1.61. The number of hydrogen-bond donors (Lipinski definition) is 1. The van der Waals surface area contributed by atoms with Crippen molar-refractivity contribution in [3.8, 4) is 5.88 Å². The minimum atomic E-state index is 0.478. The zero-order chi connectivity index (χ0) is 9.64. The molecule has 0 saturated carbocycles. The topological polar surface area (TPSA) is 47.0 Å². The highest BCUT2D eigenvalue weighted by atomic mass is 16.5. The Kier molecular flexibility index (Phi) is 3.29. The van der Waals surface area contributed by atoms with E-state index < -0.39 is 0 Å². The molecule has 1 aromatic heterocycles. The Morgan fingerprint density at radius 1 is 1.43 bits per heavy atom. The zero-order valence-electron chi connectivity index (χ0n) is 8.15. The number of nitrogens with zero attached hydrogens (tertiary/aromatic N) is 2. The van der Waals surface area contributed by atoms with Crippen molar-refractivity contribution in [2.45, 2.75) is 25.3 Å². The number of hydrogen-bond acceptors (Lipinski definition) is 4. The SMILES string of the molecule is c1cnc(OC[C@H]2CCCCN2)cn1. The summed E-state index contributed by atoms with van der Waals surface area (Å²) in [5.41, 5.74) is 0. The molecule has 0 bridgehead atoms. The second-order valence-electron chi connectivity index (χ2n) is 3.50. The van der Waals surface area contributed by atoms with Crippen LogP contribution in [0.4, 0.5) is 0 Å². The Balaban J connectivity index is 1.76. The van der Waals surface area contributed by atoms with Gasteiger partial charge in [0.15, 0.2) is 0 Å². The highest BCUT2D eigenvalue weighted by Crippen LogP contribution is 2.08. The van der Waals surface area contributed by atoms with Crippen molar-refractivity contribution in [1.82, 2.24) is 15.3 Å². The summed E-state index contributed by atoms with van der Waals surface area (Å²) in [6.07, 6.45) is 8.70. The van der Waals surface area contributed by atoms with Gasteiger partial charge in [0.25, 0.3) is 0 Å². The molecule has 0 amide bonds. The molecule has 2 heterocycles. The van der Waals surface area contributed by atoms with Gasteiger partial charge >= 0.3 is 0 Å². The second kappa shape index (κ2) is 4.91. The maximum absolute atomic E-state index is 5.51. The third kappa shape index (κ3) is 2.67. The molecule has 1 saturated heterocycles. The average molecular weight is 193 g/mol. The molecule has 4 heteroatoms. The minimum absolute atomic E-state index is 0.478. The summed E-state index contributed by atoms with van der Waals surface area (Å²) in [5.74, 6) is 0.611. The first kappa shape index (κ1) is 9.40. The van der Waals surface area contributed by atoms with Gasteiger partial charge in [-0.2, -0.15) is 0 Å². The maximum atomic E-state index is 5.51. The molecule has 1 aromatic rings. The van der Waals surface area contributed by atoms with Crippen molar-refractivity contribution in [3.63, 3.8) is 0 Å². The molecule has 1 fully saturated rings. The van der Waals surface area contributed by atoms with Crippen LogP contribution in [0.25, 0.3) is 0 Å². The molecule has 1 aliphatic rings. The predicted molar refractivity (Wildman–Crippen MR) is 53.2 cm³/mol. The molecule has 0 unspecified atom stereocenters. The van der Waals surface area contributed by atoms with Crippen molar-refractivity contribution in [1.29, 1.82) is 0 Å². The third-order valence-electron chi connectivity index (χ3n) is 2.38. The van der Waals surface area contributed by atoms with Gasteiger partial charge in [-0.05, 0) is 19.4 Å². The number of nitrogens with one attached hydrogen (secondary N) is 1. The summed E-state index contributed by atoms with van der Waals surface area (Å²) in [6, 6.07) is 0.478. The number of piperidine rings is 1. The molecule has 0 spiro atoms.